The molecular formula is C14H11O2S-. The lowest BCUT2D eigenvalue weighted by molar-refractivity contribution is -0.255. The van der Waals surface area contributed by atoms with E-state index in [1.165, 1.54) is 4.90 Å². The first-order valence-corrected chi connectivity index (χ1v) is 6.22. The number of carbonyl (C=O) groups excluding carboxylic acids is 1. The zero-order valence-corrected chi connectivity index (χ0v) is 9.94. The Morgan fingerprint density at radius 3 is 2.24 bits per heavy atom. The van der Waals surface area contributed by atoms with E-state index in [1.807, 2.05) is 30.3 Å². The molecule has 0 aliphatic rings. The van der Waals surface area contributed by atoms with Gasteiger partial charge in [0.05, 0.1) is 5.97 Å². The Morgan fingerprint density at radius 1 is 1.00 bits per heavy atom. The molecule has 86 valence electrons. The van der Waals surface area contributed by atoms with Crippen molar-refractivity contribution in [1.82, 2.24) is 0 Å². The molecule has 2 nitrogen and oxygen atoms in total. The maximum absolute atomic E-state index is 10.6. The molecular weight excluding hydrogens is 232 g/mol. The molecule has 0 saturated heterocycles. The van der Waals surface area contributed by atoms with Crippen LogP contribution in [0.5, 0.6) is 0 Å². The summed E-state index contributed by atoms with van der Waals surface area (Å²) in [6.07, 6.45) is 0. The van der Waals surface area contributed by atoms with Crippen LogP contribution in [0.25, 0.3) is 0 Å². The van der Waals surface area contributed by atoms with E-state index < -0.39 is 5.97 Å². The first kappa shape index (κ1) is 11.7. The molecule has 0 aliphatic heterocycles. The molecule has 0 bridgehead atoms. The smallest absolute Gasteiger partial charge is 0.0715 e. The molecule has 0 aromatic heterocycles. The minimum Gasteiger partial charge on any atom is -0.545 e. The van der Waals surface area contributed by atoms with Crippen molar-refractivity contribution in [2.24, 2.45) is 0 Å². The standard InChI is InChI=1S/C14H12O2S/c15-14(16)12-8-6-11(7-9-12)10-17-13-4-2-1-3-5-13/h1-9H,10H2,(H,15,16)/p-1. The van der Waals surface area contributed by atoms with Gasteiger partial charge < -0.3 is 9.90 Å². The highest BCUT2D eigenvalue weighted by Crippen LogP contribution is 2.22. The number of benzene rings is 2. The highest BCUT2D eigenvalue weighted by atomic mass is 32.2. The Hall–Kier alpha value is -1.74. The molecule has 0 atom stereocenters. The van der Waals surface area contributed by atoms with E-state index in [2.05, 4.69) is 12.1 Å². The lowest BCUT2D eigenvalue weighted by Gasteiger charge is -2.04. The summed E-state index contributed by atoms with van der Waals surface area (Å²) < 4.78 is 0. The second-order valence-corrected chi connectivity index (χ2v) is 4.63. The average molecular weight is 243 g/mol. The van der Waals surface area contributed by atoms with Gasteiger partial charge in [-0.3, -0.25) is 0 Å². The van der Waals surface area contributed by atoms with Gasteiger partial charge in [0, 0.05) is 10.6 Å². The number of thioether (sulfide) groups is 1. The van der Waals surface area contributed by atoms with Gasteiger partial charge in [0.25, 0.3) is 0 Å². The van der Waals surface area contributed by atoms with Crippen molar-refractivity contribution in [2.45, 2.75) is 10.6 Å². The Kier molecular flexibility index (Phi) is 3.83. The molecule has 0 amide bonds. The summed E-state index contributed by atoms with van der Waals surface area (Å²) in [7, 11) is 0. The third-order valence-electron chi connectivity index (χ3n) is 2.34. The van der Waals surface area contributed by atoms with Gasteiger partial charge in [0.15, 0.2) is 0 Å². The first-order chi connectivity index (χ1) is 8.25. The van der Waals surface area contributed by atoms with Crippen LogP contribution in [0.2, 0.25) is 0 Å². The molecule has 0 aliphatic carbocycles. The SMILES string of the molecule is O=C([O-])c1ccc(CSc2ccccc2)cc1. The van der Waals surface area contributed by atoms with Crippen LogP contribution in [-0.2, 0) is 5.75 Å². The molecule has 2 aromatic rings. The summed E-state index contributed by atoms with van der Waals surface area (Å²) in [4.78, 5) is 11.8. The van der Waals surface area contributed by atoms with Crippen LogP contribution in [0.15, 0.2) is 59.5 Å². The Morgan fingerprint density at radius 2 is 1.65 bits per heavy atom. The van der Waals surface area contributed by atoms with Crippen molar-refractivity contribution in [2.75, 3.05) is 0 Å². The van der Waals surface area contributed by atoms with E-state index in [9.17, 15) is 9.90 Å². The predicted molar refractivity (Wildman–Crippen MR) is 66.8 cm³/mol. The third-order valence-corrected chi connectivity index (χ3v) is 3.42. The van der Waals surface area contributed by atoms with Gasteiger partial charge >= 0.3 is 0 Å². The zero-order valence-electron chi connectivity index (χ0n) is 9.13. The fourth-order valence-corrected chi connectivity index (χ4v) is 2.30. The number of aromatic carboxylic acids is 1. The molecule has 17 heavy (non-hydrogen) atoms. The van der Waals surface area contributed by atoms with E-state index >= 15 is 0 Å². The zero-order chi connectivity index (χ0) is 12.1. The van der Waals surface area contributed by atoms with Gasteiger partial charge in [0.2, 0.25) is 0 Å². The second kappa shape index (κ2) is 5.55. The third kappa shape index (κ3) is 3.36. The fraction of sp³-hybridized carbons (Fsp3) is 0.0714. The molecule has 0 heterocycles. The van der Waals surface area contributed by atoms with Crippen LogP contribution in [0, 0.1) is 0 Å². The van der Waals surface area contributed by atoms with E-state index in [0.29, 0.717) is 0 Å². The van der Waals surface area contributed by atoms with Crippen LogP contribution in [0.1, 0.15) is 15.9 Å². The number of carboxylic acid groups (broad SMARTS) is 1. The Labute approximate surface area is 104 Å². The van der Waals surface area contributed by atoms with Crippen molar-refractivity contribution in [3.63, 3.8) is 0 Å². The maximum atomic E-state index is 10.6. The van der Waals surface area contributed by atoms with Gasteiger partial charge in [-0.1, -0.05) is 42.5 Å². The van der Waals surface area contributed by atoms with Gasteiger partial charge in [-0.2, -0.15) is 0 Å². The highest BCUT2D eigenvalue weighted by molar-refractivity contribution is 7.98. The molecule has 2 rings (SSSR count). The van der Waals surface area contributed by atoms with Crippen LogP contribution in [0.4, 0.5) is 0 Å². The number of rotatable bonds is 4. The minimum atomic E-state index is -1.13. The van der Waals surface area contributed by atoms with Crippen LogP contribution in [0.3, 0.4) is 0 Å². The van der Waals surface area contributed by atoms with E-state index in [4.69, 9.17) is 0 Å². The van der Waals surface area contributed by atoms with Crippen LogP contribution >= 0.6 is 11.8 Å². The molecule has 0 unspecified atom stereocenters. The highest BCUT2D eigenvalue weighted by Gasteiger charge is 1.97. The Bertz CT molecular complexity index is 491. The molecule has 3 heteroatoms. The van der Waals surface area contributed by atoms with Crippen molar-refractivity contribution in [1.29, 1.82) is 0 Å². The normalized spacial score (nSPS) is 10.1. The molecule has 0 fully saturated rings. The maximum Gasteiger partial charge on any atom is 0.0715 e. The van der Waals surface area contributed by atoms with Crippen LogP contribution < -0.4 is 5.11 Å². The summed E-state index contributed by atoms with van der Waals surface area (Å²) in [5.41, 5.74) is 1.32. The summed E-state index contributed by atoms with van der Waals surface area (Å²) >= 11 is 1.72. The number of hydrogen-bond acceptors (Lipinski definition) is 3. The lowest BCUT2D eigenvalue weighted by atomic mass is 10.1. The molecule has 0 saturated carbocycles. The molecule has 0 N–H and O–H groups in total. The quantitative estimate of drug-likeness (QED) is 0.774. The molecule has 0 radical (unpaired) electrons. The molecule has 0 spiro atoms. The summed E-state index contributed by atoms with van der Waals surface area (Å²) in [5, 5.41) is 10.6. The summed E-state index contributed by atoms with van der Waals surface area (Å²) in [6, 6.07) is 16.9. The lowest BCUT2D eigenvalue weighted by Crippen LogP contribution is -2.21. The largest absolute Gasteiger partial charge is 0.545 e. The van der Waals surface area contributed by atoms with Crippen molar-refractivity contribution in [3.8, 4) is 0 Å². The average Bonchev–Trinajstić information content (AvgIpc) is 2.38. The van der Waals surface area contributed by atoms with Crippen LogP contribution in [-0.4, -0.2) is 5.97 Å². The van der Waals surface area contributed by atoms with Gasteiger partial charge in [-0.15, -0.1) is 11.8 Å². The van der Waals surface area contributed by atoms with E-state index in [0.717, 1.165) is 11.3 Å². The topological polar surface area (TPSA) is 40.1 Å². The van der Waals surface area contributed by atoms with Crippen molar-refractivity contribution in [3.05, 3.63) is 65.7 Å². The number of hydrogen-bond donors (Lipinski definition) is 0. The van der Waals surface area contributed by atoms with Crippen molar-refractivity contribution < 1.29 is 9.90 Å². The van der Waals surface area contributed by atoms with Gasteiger partial charge in [-0.05, 0) is 23.3 Å². The summed E-state index contributed by atoms with van der Waals surface area (Å²) in [5.74, 6) is -0.301. The first-order valence-electron chi connectivity index (χ1n) is 5.24. The molecule has 2 aromatic carbocycles. The van der Waals surface area contributed by atoms with E-state index in [-0.39, 0.29) is 5.56 Å². The second-order valence-electron chi connectivity index (χ2n) is 3.59. The monoisotopic (exact) mass is 243 g/mol. The number of carbonyl (C=O) groups is 1. The Balaban J connectivity index is 1.98. The predicted octanol–water partition coefficient (Wildman–Crippen LogP) is 2.34. The number of carboxylic acids is 1. The minimum absolute atomic E-state index is 0.221. The fourth-order valence-electron chi connectivity index (χ4n) is 1.42. The van der Waals surface area contributed by atoms with Crippen molar-refractivity contribution >= 4 is 17.7 Å². The van der Waals surface area contributed by atoms with Gasteiger partial charge in [0.1, 0.15) is 0 Å². The van der Waals surface area contributed by atoms with E-state index in [1.54, 1.807) is 23.9 Å². The van der Waals surface area contributed by atoms with Gasteiger partial charge in [-0.25, -0.2) is 0 Å². The summed E-state index contributed by atoms with van der Waals surface area (Å²) in [6.45, 7) is 0.